The number of carbonyl (C=O) groups is 1. The molecule has 0 N–H and O–H groups in total. The lowest BCUT2D eigenvalue weighted by molar-refractivity contribution is -0.119. The molecule has 16 heavy (non-hydrogen) atoms. The number of ether oxygens (including phenoxy) is 1. The van der Waals surface area contributed by atoms with Gasteiger partial charge in [0.25, 0.3) is 0 Å². The van der Waals surface area contributed by atoms with E-state index < -0.39 is 0 Å². The average molecular weight is 227 g/mol. The van der Waals surface area contributed by atoms with Gasteiger partial charge in [0.05, 0.1) is 6.61 Å². The van der Waals surface area contributed by atoms with Crippen molar-refractivity contribution >= 4 is 5.78 Å². The van der Waals surface area contributed by atoms with Crippen molar-refractivity contribution in [2.75, 3.05) is 19.8 Å². The molecule has 0 amide bonds. The third-order valence-corrected chi connectivity index (χ3v) is 2.14. The lowest BCUT2D eigenvalue weighted by atomic mass is 10.0. The molecule has 0 saturated heterocycles. The zero-order valence-corrected chi connectivity index (χ0v) is 10.2. The molecule has 0 aliphatic carbocycles. The van der Waals surface area contributed by atoms with Crippen molar-refractivity contribution in [2.45, 2.75) is 39.5 Å². The molecule has 0 bridgehead atoms. The molecule has 0 atom stereocenters. The van der Waals surface area contributed by atoms with Crippen LogP contribution in [0.15, 0.2) is 5.11 Å². The monoisotopic (exact) mass is 227 g/mol. The maximum absolute atomic E-state index is 11.4. The van der Waals surface area contributed by atoms with Crippen LogP contribution in [0, 0.1) is 5.92 Å². The molecule has 0 aliphatic heterocycles. The molecule has 0 aromatic heterocycles. The van der Waals surface area contributed by atoms with Gasteiger partial charge >= 0.3 is 0 Å². The van der Waals surface area contributed by atoms with Crippen molar-refractivity contribution in [1.29, 1.82) is 0 Å². The molecule has 0 spiro atoms. The van der Waals surface area contributed by atoms with Crippen LogP contribution in [0.5, 0.6) is 0 Å². The van der Waals surface area contributed by atoms with Crippen molar-refractivity contribution in [3.63, 3.8) is 0 Å². The summed E-state index contributed by atoms with van der Waals surface area (Å²) in [6.45, 7) is 5.59. The Bertz CT molecular complexity index is 235. The van der Waals surface area contributed by atoms with Gasteiger partial charge in [0.1, 0.15) is 5.78 Å². The molecule has 0 rings (SSSR count). The van der Waals surface area contributed by atoms with Gasteiger partial charge in [-0.15, -0.1) is 0 Å². The van der Waals surface area contributed by atoms with Gasteiger partial charge in [0, 0.05) is 30.9 Å². The van der Waals surface area contributed by atoms with Crippen molar-refractivity contribution in [2.24, 2.45) is 11.0 Å². The second kappa shape index (κ2) is 10.5. The summed E-state index contributed by atoms with van der Waals surface area (Å²) in [5.74, 6) is 0.899. The lowest BCUT2D eigenvalue weighted by Gasteiger charge is -2.04. The molecule has 0 heterocycles. The molecule has 0 fully saturated rings. The third-order valence-electron chi connectivity index (χ3n) is 2.14. The summed E-state index contributed by atoms with van der Waals surface area (Å²) in [6, 6.07) is 0. The predicted octanol–water partition coefficient (Wildman–Crippen LogP) is 3.10. The van der Waals surface area contributed by atoms with E-state index in [2.05, 4.69) is 23.9 Å². The smallest absolute Gasteiger partial charge is 0.133 e. The highest BCUT2D eigenvalue weighted by molar-refractivity contribution is 5.78. The number of carbonyl (C=O) groups excluding carboxylic acids is 1. The van der Waals surface area contributed by atoms with Gasteiger partial charge in [-0.2, -0.15) is 0 Å². The Kier molecular flexibility index (Phi) is 9.76. The third kappa shape index (κ3) is 11.0. The fraction of sp³-hybridized carbons (Fsp3) is 0.909. The summed E-state index contributed by atoms with van der Waals surface area (Å²) in [5.41, 5.74) is 8.00. The molecule has 0 aromatic carbocycles. The number of hydrogen-bond donors (Lipinski definition) is 0. The first kappa shape index (κ1) is 14.9. The fourth-order valence-corrected chi connectivity index (χ4v) is 1.20. The highest BCUT2D eigenvalue weighted by Gasteiger charge is 2.03. The largest absolute Gasteiger partial charge is 0.381 e. The van der Waals surface area contributed by atoms with Crippen LogP contribution in [-0.4, -0.2) is 25.5 Å². The van der Waals surface area contributed by atoms with E-state index in [0.29, 0.717) is 44.3 Å². The van der Waals surface area contributed by atoms with Crippen LogP contribution in [0.25, 0.3) is 10.4 Å². The lowest BCUT2D eigenvalue weighted by Crippen LogP contribution is -2.04. The summed E-state index contributed by atoms with van der Waals surface area (Å²) >= 11 is 0. The van der Waals surface area contributed by atoms with Crippen LogP contribution >= 0.6 is 0 Å². The predicted molar refractivity (Wildman–Crippen MR) is 63.1 cm³/mol. The first-order chi connectivity index (χ1) is 7.66. The van der Waals surface area contributed by atoms with Gasteiger partial charge in [-0.3, -0.25) is 4.79 Å². The SMILES string of the molecule is CC(C)CCC(=O)CCCOCCN=[N+]=[N-]. The molecule has 0 aromatic rings. The Morgan fingerprint density at radius 1 is 1.38 bits per heavy atom. The minimum Gasteiger partial charge on any atom is -0.381 e. The number of azide groups is 1. The highest BCUT2D eigenvalue weighted by Crippen LogP contribution is 2.06. The van der Waals surface area contributed by atoms with Crippen molar-refractivity contribution < 1.29 is 9.53 Å². The first-order valence-corrected chi connectivity index (χ1v) is 5.77. The van der Waals surface area contributed by atoms with Gasteiger partial charge in [0.15, 0.2) is 0 Å². The Morgan fingerprint density at radius 2 is 2.12 bits per heavy atom. The second-order valence-corrected chi connectivity index (χ2v) is 4.14. The van der Waals surface area contributed by atoms with Crippen LogP contribution in [0.2, 0.25) is 0 Å². The maximum Gasteiger partial charge on any atom is 0.133 e. The van der Waals surface area contributed by atoms with Gasteiger partial charge in [0.2, 0.25) is 0 Å². The fourth-order valence-electron chi connectivity index (χ4n) is 1.20. The Balaban J connectivity index is 3.24. The Morgan fingerprint density at radius 3 is 2.75 bits per heavy atom. The Labute approximate surface area is 96.8 Å². The molecule has 0 saturated carbocycles. The van der Waals surface area contributed by atoms with Crippen molar-refractivity contribution in [3.05, 3.63) is 10.4 Å². The summed E-state index contributed by atoms with van der Waals surface area (Å²) in [4.78, 5) is 14.0. The van der Waals surface area contributed by atoms with E-state index in [-0.39, 0.29) is 0 Å². The topological polar surface area (TPSA) is 75.1 Å². The van der Waals surface area contributed by atoms with Gasteiger partial charge in [-0.1, -0.05) is 19.0 Å². The zero-order chi connectivity index (χ0) is 12.2. The first-order valence-electron chi connectivity index (χ1n) is 5.77. The summed E-state index contributed by atoms with van der Waals surface area (Å²) < 4.78 is 5.19. The minimum absolute atomic E-state index is 0.312. The molecule has 5 nitrogen and oxygen atoms in total. The normalized spacial score (nSPS) is 10.2. The Hall–Kier alpha value is -1.06. The number of hydrogen-bond acceptors (Lipinski definition) is 3. The minimum atomic E-state index is 0.312. The quantitative estimate of drug-likeness (QED) is 0.249. The van der Waals surface area contributed by atoms with E-state index >= 15 is 0 Å². The number of Topliss-reactive ketones (excluding diaryl/α,β-unsaturated/α-hetero) is 1. The maximum atomic E-state index is 11.4. The zero-order valence-electron chi connectivity index (χ0n) is 10.2. The van der Waals surface area contributed by atoms with E-state index in [1.807, 2.05) is 0 Å². The molecule has 0 aliphatic rings. The molecule has 0 unspecified atom stereocenters. The van der Waals surface area contributed by atoms with Gasteiger partial charge in [-0.25, -0.2) is 0 Å². The standard InChI is InChI=1S/C11H21N3O2/c1-10(2)5-6-11(15)4-3-8-16-9-7-13-14-12/h10H,3-9H2,1-2H3. The van der Waals surface area contributed by atoms with E-state index in [1.54, 1.807) is 0 Å². The van der Waals surface area contributed by atoms with Crippen LogP contribution in [0.4, 0.5) is 0 Å². The summed E-state index contributed by atoms with van der Waals surface area (Å²) in [7, 11) is 0. The summed E-state index contributed by atoms with van der Waals surface area (Å²) in [5, 5.41) is 3.34. The summed E-state index contributed by atoms with van der Waals surface area (Å²) in [6.07, 6.45) is 2.99. The number of rotatable bonds is 10. The van der Waals surface area contributed by atoms with E-state index in [4.69, 9.17) is 10.3 Å². The van der Waals surface area contributed by atoms with Crippen LogP contribution in [0.1, 0.15) is 39.5 Å². The number of ketones is 1. The molecule has 92 valence electrons. The molecular formula is C11H21N3O2. The van der Waals surface area contributed by atoms with E-state index in [1.165, 1.54) is 0 Å². The molecular weight excluding hydrogens is 206 g/mol. The highest BCUT2D eigenvalue weighted by atomic mass is 16.5. The second-order valence-electron chi connectivity index (χ2n) is 4.14. The molecule has 5 heteroatoms. The van der Waals surface area contributed by atoms with Crippen molar-refractivity contribution in [1.82, 2.24) is 0 Å². The van der Waals surface area contributed by atoms with Crippen LogP contribution in [-0.2, 0) is 9.53 Å². The number of nitrogens with zero attached hydrogens (tertiary/aromatic N) is 3. The van der Waals surface area contributed by atoms with Gasteiger partial charge < -0.3 is 4.74 Å². The van der Waals surface area contributed by atoms with Crippen LogP contribution < -0.4 is 0 Å². The van der Waals surface area contributed by atoms with Gasteiger partial charge in [-0.05, 0) is 24.3 Å². The van der Waals surface area contributed by atoms with Crippen molar-refractivity contribution in [3.8, 4) is 0 Å². The van der Waals surface area contributed by atoms with E-state index in [0.717, 1.165) is 12.8 Å². The molecule has 0 radical (unpaired) electrons. The van der Waals surface area contributed by atoms with E-state index in [9.17, 15) is 4.79 Å². The average Bonchev–Trinajstić information content (AvgIpc) is 2.25. The van der Waals surface area contributed by atoms with Crippen LogP contribution in [0.3, 0.4) is 0 Å².